The molecule has 2 nitrogen and oxygen atoms in total. The molecule has 0 heterocycles. The van der Waals surface area contributed by atoms with E-state index in [1.165, 1.54) is 13.0 Å². The van der Waals surface area contributed by atoms with Gasteiger partial charge in [0.1, 0.15) is 5.82 Å². The second kappa shape index (κ2) is 5.61. The van der Waals surface area contributed by atoms with E-state index >= 15 is 0 Å². The number of hydrogen-bond donors (Lipinski definition) is 0. The van der Waals surface area contributed by atoms with Crippen molar-refractivity contribution in [1.29, 1.82) is 0 Å². The fourth-order valence-corrected chi connectivity index (χ4v) is 2.49. The molecule has 6 heteroatoms. The predicted molar refractivity (Wildman–Crippen MR) is 50.9 cm³/mol. The van der Waals surface area contributed by atoms with Crippen molar-refractivity contribution < 1.29 is 43.8 Å². The van der Waals surface area contributed by atoms with Crippen molar-refractivity contribution in [3.05, 3.63) is 32.0 Å². The molecular weight excluding hydrogens is 330 g/mol. The van der Waals surface area contributed by atoms with Crippen molar-refractivity contribution in [2.24, 2.45) is 0 Å². The summed E-state index contributed by atoms with van der Waals surface area (Å²) in [6, 6.07) is 1.34. The average Bonchev–Trinajstić information content (AvgIpc) is 1.99. The van der Waals surface area contributed by atoms with Crippen LogP contribution in [0.1, 0.15) is 15.9 Å². The van der Waals surface area contributed by atoms with Crippen LogP contribution in [0.4, 0.5) is 4.39 Å². The Morgan fingerprint density at radius 3 is 2.36 bits per heavy atom. The number of carbonyl (C=O) groups excluding carboxylic acids is 1. The SMILES string of the molecule is Cc1c(F)c(Br)cc(Br)c1C(=O)[O-].[Na+]. The van der Waals surface area contributed by atoms with Crippen LogP contribution in [0.2, 0.25) is 0 Å². The normalized spacial score (nSPS) is 9.43. The summed E-state index contributed by atoms with van der Waals surface area (Å²) in [5.41, 5.74) is -0.0954. The molecule has 0 saturated carbocycles. The molecule has 70 valence electrons. The first kappa shape index (κ1) is 14.6. The maximum absolute atomic E-state index is 13.2. The van der Waals surface area contributed by atoms with Crippen LogP contribution in [-0.4, -0.2) is 5.97 Å². The van der Waals surface area contributed by atoms with E-state index in [1.54, 1.807) is 0 Å². The largest absolute Gasteiger partial charge is 1.00 e. The first-order chi connectivity index (χ1) is 5.95. The predicted octanol–water partition coefficient (Wildman–Crippen LogP) is -0.973. The van der Waals surface area contributed by atoms with Crippen LogP contribution in [0.5, 0.6) is 0 Å². The molecule has 1 aromatic rings. The number of halogens is 3. The van der Waals surface area contributed by atoms with E-state index in [2.05, 4.69) is 31.9 Å². The Kier molecular flexibility index (Phi) is 5.84. The smallest absolute Gasteiger partial charge is 0.545 e. The number of aromatic carboxylic acids is 1. The van der Waals surface area contributed by atoms with Gasteiger partial charge in [0.2, 0.25) is 0 Å². The fourth-order valence-electron chi connectivity index (χ4n) is 0.965. The van der Waals surface area contributed by atoms with Crippen molar-refractivity contribution >= 4 is 37.8 Å². The monoisotopic (exact) mass is 332 g/mol. The molecule has 0 amide bonds. The van der Waals surface area contributed by atoms with Gasteiger partial charge in [-0.15, -0.1) is 0 Å². The Hall–Kier alpha value is 0.580. The summed E-state index contributed by atoms with van der Waals surface area (Å²) in [6.07, 6.45) is 0. The molecule has 0 aromatic heterocycles. The summed E-state index contributed by atoms with van der Waals surface area (Å²) in [4.78, 5) is 10.6. The molecule has 0 aliphatic carbocycles. The zero-order chi connectivity index (χ0) is 10.2. The Morgan fingerprint density at radius 2 is 1.93 bits per heavy atom. The third kappa shape index (κ3) is 2.79. The van der Waals surface area contributed by atoms with Gasteiger partial charge in [0.15, 0.2) is 0 Å². The van der Waals surface area contributed by atoms with E-state index in [0.717, 1.165) is 0 Å². The number of benzene rings is 1. The summed E-state index contributed by atoms with van der Waals surface area (Å²) in [5.74, 6) is -1.97. The summed E-state index contributed by atoms with van der Waals surface area (Å²) in [7, 11) is 0. The zero-order valence-corrected chi connectivity index (χ0v) is 12.7. The van der Waals surface area contributed by atoms with Gasteiger partial charge in [0.05, 0.1) is 10.4 Å². The average molecular weight is 334 g/mol. The topological polar surface area (TPSA) is 40.1 Å². The zero-order valence-electron chi connectivity index (χ0n) is 7.53. The van der Waals surface area contributed by atoms with E-state index in [-0.39, 0.29) is 45.2 Å². The molecule has 0 aliphatic heterocycles. The van der Waals surface area contributed by atoms with E-state index in [4.69, 9.17) is 0 Å². The number of carboxylic acids is 1. The summed E-state index contributed by atoms with van der Waals surface area (Å²) in [6.45, 7) is 1.38. The van der Waals surface area contributed by atoms with Crippen molar-refractivity contribution in [1.82, 2.24) is 0 Å². The van der Waals surface area contributed by atoms with Gasteiger partial charge in [-0.05, 0) is 34.5 Å². The number of hydrogen-bond acceptors (Lipinski definition) is 2. The van der Waals surface area contributed by atoms with Gasteiger partial charge >= 0.3 is 29.6 Å². The third-order valence-electron chi connectivity index (χ3n) is 1.61. The molecule has 0 radical (unpaired) electrons. The summed E-state index contributed by atoms with van der Waals surface area (Å²) < 4.78 is 13.7. The first-order valence-electron chi connectivity index (χ1n) is 3.30. The molecule has 0 bridgehead atoms. The van der Waals surface area contributed by atoms with Crippen LogP contribution in [0.15, 0.2) is 15.0 Å². The first-order valence-corrected chi connectivity index (χ1v) is 4.89. The molecule has 0 fully saturated rings. The third-order valence-corrected chi connectivity index (χ3v) is 2.81. The molecule has 0 atom stereocenters. The van der Waals surface area contributed by atoms with Crippen molar-refractivity contribution in [2.45, 2.75) is 6.92 Å². The van der Waals surface area contributed by atoms with Gasteiger partial charge < -0.3 is 9.90 Å². The fraction of sp³-hybridized carbons (Fsp3) is 0.125. The van der Waals surface area contributed by atoms with E-state index in [9.17, 15) is 14.3 Å². The van der Waals surface area contributed by atoms with Crippen molar-refractivity contribution in [2.75, 3.05) is 0 Å². The minimum absolute atomic E-state index is 0. The minimum atomic E-state index is -1.39. The summed E-state index contributed by atoms with van der Waals surface area (Å²) in [5, 5.41) is 10.6. The Bertz CT molecular complexity index is 382. The van der Waals surface area contributed by atoms with E-state index < -0.39 is 11.8 Å². The molecule has 0 N–H and O–H groups in total. The quantitative estimate of drug-likeness (QED) is 0.490. The Labute approximate surface area is 119 Å². The van der Waals surface area contributed by atoms with Crippen LogP contribution in [0, 0.1) is 12.7 Å². The van der Waals surface area contributed by atoms with Crippen LogP contribution in [0.3, 0.4) is 0 Å². The maximum Gasteiger partial charge on any atom is 1.00 e. The second-order valence-electron chi connectivity index (χ2n) is 2.44. The number of rotatable bonds is 1. The van der Waals surface area contributed by atoms with Gasteiger partial charge in [-0.3, -0.25) is 0 Å². The molecule has 0 unspecified atom stereocenters. The van der Waals surface area contributed by atoms with Crippen LogP contribution >= 0.6 is 31.9 Å². The van der Waals surface area contributed by atoms with Gasteiger partial charge in [-0.2, -0.15) is 0 Å². The molecule has 0 aliphatic rings. The number of carboxylic acid groups (broad SMARTS) is 1. The van der Waals surface area contributed by atoms with E-state index in [1.807, 2.05) is 0 Å². The standard InChI is InChI=1S/C8H5Br2FO2.Na/c1-3-6(8(12)13)4(9)2-5(10)7(3)11;/h2H,1H3,(H,12,13);/q;+1/p-1. The van der Waals surface area contributed by atoms with Crippen molar-refractivity contribution in [3.8, 4) is 0 Å². The summed E-state index contributed by atoms with van der Waals surface area (Å²) >= 11 is 5.98. The second-order valence-corrected chi connectivity index (χ2v) is 4.15. The van der Waals surface area contributed by atoms with Crippen LogP contribution < -0.4 is 34.7 Å². The van der Waals surface area contributed by atoms with E-state index in [0.29, 0.717) is 4.47 Å². The van der Waals surface area contributed by atoms with Crippen LogP contribution in [0.25, 0.3) is 0 Å². The minimum Gasteiger partial charge on any atom is -0.545 e. The Balaban J connectivity index is 0.00000169. The molecule has 1 rings (SSSR count). The van der Waals surface area contributed by atoms with Gasteiger partial charge in [-0.1, -0.05) is 15.9 Å². The van der Waals surface area contributed by atoms with Crippen molar-refractivity contribution in [3.63, 3.8) is 0 Å². The van der Waals surface area contributed by atoms with Gasteiger partial charge in [-0.25, -0.2) is 4.39 Å². The molecular formula is C8H4Br2FNaO2. The number of carbonyl (C=O) groups is 1. The van der Waals surface area contributed by atoms with Gasteiger partial charge in [0.25, 0.3) is 0 Å². The molecule has 14 heavy (non-hydrogen) atoms. The van der Waals surface area contributed by atoms with Crippen LogP contribution in [-0.2, 0) is 0 Å². The maximum atomic E-state index is 13.2. The molecule has 0 spiro atoms. The molecule has 0 saturated heterocycles. The Morgan fingerprint density at radius 1 is 1.43 bits per heavy atom. The van der Waals surface area contributed by atoms with Gasteiger partial charge in [0, 0.05) is 10.0 Å². The molecule has 1 aromatic carbocycles.